The second-order valence-corrected chi connectivity index (χ2v) is 13.6. The van der Waals surface area contributed by atoms with Gasteiger partial charge in [0.25, 0.3) is 0 Å². The first-order valence-electron chi connectivity index (χ1n) is 17.0. The molecule has 7 N–H and O–H groups in total. The van der Waals surface area contributed by atoms with Crippen molar-refractivity contribution in [3.05, 3.63) is 71.8 Å². The zero-order chi connectivity index (χ0) is 35.8. The lowest BCUT2D eigenvalue weighted by Crippen LogP contribution is -2.60. The molecule has 5 amide bonds. The molecule has 0 heterocycles. The lowest BCUT2D eigenvalue weighted by atomic mass is 9.98. The molecule has 0 unspecified atom stereocenters. The molecule has 0 radical (unpaired) electrons. The first kappa shape index (κ1) is 39.9. The Morgan fingerprint density at radius 3 is 1.35 bits per heavy atom. The summed E-state index contributed by atoms with van der Waals surface area (Å²) < 4.78 is 0. The number of primary amides is 1. The Morgan fingerprint density at radius 2 is 0.958 bits per heavy atom. The number of benzene rings is 2. The van der Waals surface area contributed by atoms with Crippen LogP contribution in [0.25, 0.3) is 0 Å². The van der Waals surface area contributed by atoms with Gasteiger partial charge in [0, 0.05) is 12.8 Å². The summed E-state index contributed by atoms with van der Waals surface area (Å²) in [5, 5.41) is 14.5. The van der Waals surface area contributed by atoms with Crippen LogP contribution in [0.3, 0.4) is 0 Å². The summed E-state index contributed by atoms with van der Waals surface area (Å²) >= 11 is 0. The highest BCUT2D eigenvalue weighted by molar-refractivity contribution is 5.96. The normalized spacial score (nSPS) is 14.5. The Bertz CT molecular complexity index is 1320. The Morgan fingerprint density at radius 1 is 0.562 bits per heavy atom. The summed E-state index contributed by atoms with van der Waals surface area (Å²) in [5.74, 6) is -2.53. The van der Waals surface area contributed by atoms with Crippen LogP contribution in [0.15, 0.2) is 60.7 Å². The van der Waals surface area contributed by atoms with Crippen LogP contribution in [0.1, 0.15) is 72.4 Å². The van der Waals surface area contributed by atoms with Crippen LogP contribution in [0, 0.1) is 17.8 Å². The van der Waals surface area contributed by atoms with E-state index in [-0.39, 0.29) is 36.5 Å². The molecule has 0 bridgehead atoms. The van der Waals surface area contributed by atoms with Crippen LogP contribution in [0.2, 0.25) is 0 Å². The average molecular weight is 665 g/mol. The SMILES string of the molecule is CCN[C@H](CC(C)C)C(=O)N[C@@H](C(=O)N[C@H](Cc1ccccc1)C(=O)N[C@H](Cc1ccccc1)C(=O)N[C@H](CC(C)C)C(N)=O)C(C)C. The molecule has 2 aromatic rings. The number of rotatable bonds is 20. The van der Waals surface area contributed by atoms with Crippen molar-refractivity contribution in [1.82, 2.24) is 26.6 Å². The standard InChI is InChI=1S/C37H56N6O5/c1-8-39-29(20-24(4)5)34(45)43-32(25(6)7)37(48)42-31(22-27-17-13-10-14-18-27)36(47)41-30(21-26-15-11-9-12-16-26)35(46)40-28(33(38)44)19-23(2)3/h9-18,23-25,28-32,39H,8,19-22H2,1-7H3,(H2,38,44)(H,40,46)(H,41,47)(H,42,48)(H,43,45)/t28-,29-,30-,31-,32-/m1/s1. The minimum absolute atomic E-state index is 0.0863. The highest BCUT2D eigenvalue weighted by atomic mass is 16.2. The van der Waals surface area contributed by atoms with Gasteiger partial charge in [-0.25, -0.2) is 0 Å². The largest absolute Gasteiger partial charge is 0.368 e. The highest BCUT2D eigenvalue weighted by Gasteiger charge is 2.33. The predicted octanol–water partition coefficient (Wildman–Crippen LogP) is 2.62. The van der Waals surface area contributed by atoms with Gasteiger partial charge in [0.1, 0.15) is 24.2 Å². The molecular formula is C37H56N6O5. The molecule has 264 valence electrons. The number of carbonyl (C=O) groups excluding carboxylic acids is 5. The van der Waals surface area contributed by atoms with Crippen molar-refractivity contribution in [2.75, 3.05) is 6.54 Å². The summed E-state index contributed by atoms with van der Waals surface area (Å²) in [7, 11) is 0. The third-order valence-corrected chi connectivity index (χ3v) is 7.92. The van der Waals surface area contributed by atoms with Crippen molar-refractivity contribution in [2.24, 2.45) is 23.5 Å². The van der Waals surface area contributed by atoms with Crippen LogP contribution >= 0.6 is 0 Å². The van der Waals surface area contributed by atoms with Gasteiger partial charge in [-0.2, -0.15) is 0 Å². The summed E-state index contributed by atoms with van der Waals surface area (Å²) in [4.78, 5) is 66.9. The van der Waals surface area contributed by atoms with E-state index in [2.05, 4.69) is 26.6 Å². The van der Waals surface area contributed by atoms with Crippen molar-refractivity contribution in [1.29, 1.82) is 0 Å². The molecule has 5 atom stereocenters. The molecule has 0 spiro atoms. The van der Waals surface area contributed by atoms with Crippen LogP contribution in [0.4, 0.5) is 0 Å². The maximum absolute atomic E-state index is 14.0. The Kier molecular flexibility index (Phi) is 16.8. The van der Waals surface area contributed by atoms with Crippen molar-refractivity contribution in [3.8, 4) is 0 Å². The lowest BCUT2D eigenvalue weighted by molar-refractivity contribution is -0.135. The average Bonchev–Trinajstić information content (AvgIpc) is 3.02. The van der Waals surface area contributed by atoms with Gasteiger partial charge in [-0.05, 0) is 48.3 Å². The summed E-state index contributed by atoms with van der Waals surface area (Å²) in [6.45, 7) is 14.1. The Hall–Kier alpha value is -4.25. The zero-order valence-electron chi connectivity index (χ0n) is 29.5. The highest BCUT2D eigenvalue weighted by Crippen LogP contribution is 2.12. The van der Waals surface area contributed by atoms with E-state index in [1.165, 1.54) is 0 Å². The van der Waals surface area contributed by atoms with Gasteiger partial charge in [0.05, 0.1) is 6.04 Å². The monoisotopic (exact) mass is 664 g/mol. The predicted molar refractivity (Wildman–Crippen MR) is 188 cm³/mol. The summed E-state index contributed by atoms with van der Waals surface area (Å²) in [6, 6.07) is 14.0. The minimum Gasteiger partial charge on any atom is -0.368 e. The molecule has 11 nitrogen and oxygen atoms in total. The number of carbonyl (C=O) groups is 5. The molecule has 0 aliphatic carbocycles. The van der Waals surface area contributed by atoms with E-state index in [1.54, 1.807) is 0 Å². The summed E-state index contributed by atoms with van der Waals surface area (Å²) in [5.41, 5.74) is 7.19. The molecule has 11 heteroatoms. The molecule has 0 saturated carbocycles. The second kappa shape index (κ2) is 20.2. The number of amides is 5. The van der Waals surface area contributed by atoms with Gasteiger partial charge in [-0.3, -0.25) is 24.0 Å². The maximum atomic E-state index is 14.0. The molecule has 2 rings (SSSR count). The first-order chi connectivity index (χ1) is 22.7. The number of nitrogens with one attached hydrogen (secondary N) is 5. The third-order valence-electron chi connectivity index (χ3n) is 7.92. The fraction of sp³-hybridized carbons (Fsp3) is 0.541. The molecule has 0 aromatic heterocycles. The van der Waals surface area contributed by atoms with E-state index >= 15 is 0 Å². The van der Waals surface area contributed by atoms with Crippen LogP contribution in [-0.4, -0.2) is 66.3 Å². The molecule has 0 aliphatic heterocycles. The lowest BCUT2D eigenvalue weighted by Gasteiger charge is -2.29. The van der Waals surface area contributed by atoms with E-state index in [4.69, 9.17) is 5.73 Å². The van der Waals surface area contributed by atoms with E-state index in [9.17, 15) is 24.0 Å². The van der Waals surface area contributed by atoms with Crippen molar-refractivity contribution >= 4 is 29.5 Å². The van der Waals surface area contributed by atoms with Gasteiger partial charge >= 0.3 is 0 Å². The van der Waals surface area contributed by atoms with Gasteiger partial charge in [0.2, 0.25) is 29.5 Å². The summed E-state index contributed by atoms with van der Waals surface area (Å²) in [6.07, 6.45) is 1.23. The quantitative estimate of drug-likeness (QED) is 0.127. The number of nitrogens with two attached hydrogens (primary N) is 1. The van der Waals surface area contributed by atoms with Crippen molar-refractivity contribution in [2.45, 2.75) is 104 Å². The van der Waals surface area contributed by atoms with Crippen molar-refractivity contribution in [3.63, 3.8) is 0 Å². The molecular weight excluding hydrogens is 608 g/mol. The van der Waals surface area contributed by atoms with Gasteiger partial charge in [-0.1, -0.05) is 109 Å². The minimum atomic E-state index is -1.08. The van der Waals surface area contributed by atoms with E-state index in [1.807, 2.05) is 109 Å². The Balaban J connectivity index is 2.38. The number of likely N-dealkylation sites (N-methyl/N-ethyl adjacent to an activating group) is 1. The fourth-order valence-corrected chi connectivity index (χ4v) is 5.43. The van der Waals surface area contributed by atoms with Crippen LogP contribution in [0.5, 0.6) is 0 Å². The molecule has 0 saturated heterocycles. The van der Waals surface area contributed by atoms with Crippen LogP contribution < -0.4 is 32.3 Å². The van der Waals surface area contributed by atoms with Crippen LogP contribution in [-0.2, 0) is 36.8 Å². The third kappa shape index (κ3) is 13.9. The smallest absolute Gasteiger partial charge is 0.243 e. The maximum Gasteiger partial charge on any atom is 0.243 e. The van der Waals surface area contributed by atoms with Gasteiger partial charge in [-0.15, -0.1) is 0 Å². The zero-order valence-corrected chi connectivity index (χ0v) is 29.5. The van der Waals surface area contributed by atoms with E-state index in [0.717, 1.165) is 11.1 Å². The van der Waals surface area contributed by atoms with E-state index in [0.29, 0.717) is 19.4 Å². The van der Waals surface area contributed by atoms with Gasteiger partial charge < -0.3 is 32.3 Å². The molecule has 48 heavy (non-hydrogen) atoms. The fourth-order valence-electron chi connectivity index (χ4n) is 5.43. The topological polar surface area (TPSA) is 172 Å². The molecule has 0 aliphatic rings. The number of hydrogen-bond donors (Lipinski definition) is 6. The Labute approximate surface area is 286 Å². The van der Waals surface area contributed by atoms with Crippen molar-refractivity contribution < 1.29 is 24.0 Å². The first-order valence-corrected chi connectivity index (χ1v) is 17.0. The van der Waals surface area contributed by atoms with Gasteiger partial charge in [0.15, 0.2) is 0 Å². The van der Waals surface area contributed by atoms with E-state index < -0.39 is 53.8 Å². The second-order valence-electron chi connectivity index (χ2n) is 13.6. The molecule has 0 fully saturated rings. The number of hydrogen-bond acceptors (Lipinski definition) is 6. The molecule has 2 aromatic carbocycles.